The van der Waals surface area contributed by atoms with Gasteiger partial charge < -0.3 is 0 Å². The average Bonchev–Trinajstić information content (AvgIpc) is 2.49. The Morgan fingerprint density at radius 1 is 0.826 bits per heavy atom. The van der Waals surface area contributed by atoms with Gasteiger partial charge in [-0.25, -0.2) is 0 Å². The van der Waals surface area contributed by atoms with E-state index in [9.17, 15) is 21.6 Å². The number of halogens is 3. The van der Waals surface area contributed by atoms with E-state index in [0.29, 0.717) is 24.6 Å². The van der Waals surface area contributed by atoms with Crippen LogP contribution in [0, 0.1) is 0 Å². The molecule has 0 aromatic carbocycles. The molecule has 0 saturated heterocycles. The van der Waals surface area contributed by atoms with Crippen molar-refractivity contribution < 1.29 is 25.6 Å². The fourth-order valence-corrected chi connectivity index (χ4v) is 10.4. The number of unbranched alkanes of at least 4 members (excludes halogenated alkanes) is 5. The van der Waals surface area contributed by atoms with Gasteiger partial charge in [-0.2, -0.15) is 0 Å². The van der Waals surface area contributed by atoms with Gasteiger partial charge in [0.2, 0.25) is 0 Å². The second-order valence-electron chi connectivity index (χ2n) is 6.27. The number of hydrogen-bond acceptors (Lipinski definition) is 3. The normalized spacial score (nSPS) is 15.3. The molecule has 0 rings (SSSR count). The van der Waals surface area contributed by atoms with Crippen molar-refractivity contribution in [1.29, 1.82) is 0 Å². The van der Waals surface area contributed by atoms with Gasteiger partial charge in [0.1, 0.15) is 0 Å². The summed E-state index contributed by atoms with van der Waals surface area (Å²) in [6.45, 7) is 4.02. The van der Waals surface area contributed by atoms with Crippen LogP contribution in [0.2, 0.25) is 0 Å². The fourth-order valence-electron chi connectivity index (χ4n) is 2.95. The maximum atomic E-state index is 12.8. The van der Waals surface area contributed by atoms with Crippen LogP contribution in [-0.4, -0.2) is 38.6 Å². The van der Waals surface area contributed by atoms with Gasteiger partial charge in [-0.05, 0) is 0 Å². The molecule has 0 amide bonds. The van der Waals surface area contributed by atoms with Crippen LogP contribution in [-0.2, 0) is 14.1 Å². The Labute approximate surface area is 139 Å². The monoisotopic (exact) mass is 380 g/mol. The zero-order valence-electron chi connectivity index (χ0n) is 14.8. The Balaban J connectivity index is 5.15. The second kappa shape index (κ2) is 9.00. The van der Waals surface area contributed by atoms with E-state index in [2.05, 4.69) is 6.92 Å². The average molecular weight is 380 g/mol. The molecule has 0 aromatic rings. The summed E-state index contributed by atoms with van der Waals surface area (Å²) < 4.78 is 66.6. The first-order valence-corrected chi connectivity index (χ1v) is 12.9. The first-order valence-electron chi connectivity index (χ1n) is 8.55. The van der Waals surface area contributed by atoms with Gasteiger partial charge in [0, 0.05) is 0 Å². The van der Waals surface area contributed by atoms with Crippen LogP contribution < -0.4 is 0 Å². The van der Waals surface area contributed by atoms with Gasteiger partial charge in [0.15, 0.2) is 0 Å². The minimum atomic E-state index is -5.54. The summed E-state index contributed by atoms with van der Waals surface area (Å²) in [7, 11) is -5.54. The van der Waals surface area contributed by atoms with Crippen molar-refractivity contribution in [1.82, 2.24) is 0 Å². The molecular formula is C15H32F3O3PS. The minimum absolute atomic E-state index is 0.364. The molecule has 8 heteroatoms. The van der Waals surface area contributed by atoms with Crippen molar-refractivity contribution >= 4 is 16.9 Å². The van der Waals surface area contributed by atoms with E-state index in [1.54, 1.807) is 20.8 Å². The van der Waals surface area contributed by atoms with Crippen LogP contribution in [0.5, 0.6) is 0 Å². The van der Waals surface area contributed by atoms with Gasteiger partial charge in [-0.15, -0.1) is 0 Å². The van der Waals surface area contributed by atoms with Crippen molar-refractivity contribution in [2.24, 2.45) is 0 Å². The second-order valence-corrected chi connectivity index (χ2v) is 14.3. The molecule has 3 nitrogen and oxygen atoms in total. The molecule has 0 aromatic heterocycles. The van der Waals surface area contributed by atoms with Crippen LogP contribution in [0.4, 0.5) is 13.2 Å². The summed E-state index contributed by atoms with van der Waals surface area (Å²) in [5, 5.41) is 0. The summed E-state index contributed by atoms with van der Waals surface area (Å²) in [4.78, 5) is 0. The standard InChI is InChI=1S/C15H32F3O3PS/c1-5-9-10-11-12-13-14-22(6-2,7-3,8-4)21-23(19,20)15(16,17)18/h5-14H2,1-4H3. The Hall–Kier alpha value is 0.130. The molecule has 0 spiro atoms. The molecule has 0 bridgehead atoms. The van der Waals surface area contributed by atoms with Crippen molar-refractivity contribution in [3.63, 3.8) is 0 Å². The van der Waals surface area contributed by atoms with Crippen LogP contribution >= 0.6 is 6.83 Å². The molecule has 0 heterocycles. The van der Waals surface area contributed by atoms with E-state index >= 15 is 0 Å². The van der Waals surface area contributed by atoms with Crippen molar-refractivity contribution in [3.8, 4) is 0 Å². The summed E-state index contributed by atoms with van der Waals surface area (Å²) >= 11 is 0. The first kappa shape index (κ1) is 23.1. The summed E-state index contributed by atoms with van der Waals surface area (Å²) in [6.07, 6.45) is 7.61. The molecule has 0 aliphatic rings. The van der Waals surface area contributed by atoms with Gasteiger partial charge >= 0.3 is 139 Å². The fraction of sp³-hybridized carbons (Fsp3) is 1.00. The molecule has 0 fully saturated rings. The van der Waals surface area contributed by atoms with Crippen LogP contribution in [0.1, 0.15) is 66.2 Å². The van der Waals surface area contributed by atoms with E-state index in [4.69, 9.17) is 3.97 Å². The molecule has 0 N–H and O–H groups in total. The quantitative estimate of drug-likeness (QED) is 0.246. The molecule has 0 unspecified atom stereocenters. The Morgan fingerprint density at radius 3 is 1.65 bits per heavy atom. The van der Waals surface area contributed by atoms with Crippen molar-refractivity contribution in [2.75, 3.05) is 24.6 Å². The van der Waals surface area contributed by atoms with Crippen LogP contribution in [0.25, 0.3) is 0 Å². The predicted octanol–water partition coefficient (Wildman–Crippen LogP) is 5.74. The number of hydrogen-bond donors (Lipinski definition) is 0. The molecule has 142 valence electrons. The predicted molar refractivity (Wildman–Crippen MR) is 92.8 cm³/mol. The third-order valence-corrected chi connectivity index (χ3v) is 14.4. The molecule has 0 aliphatic heterocycles. The molecule has 0 radical (unpaired) electrons. The Bertz CT molecular complexity index is 434. The zero-order chi connectivity index (χ0) is 18.2. The van der Waals surface area contributed by atoms with E-state index in [0.717, 1.165) is 38.5 Å². The van der Waals surface area contributed by atoms with Crippen molar-refractivity contribution in [2.45, 2.75) is 71.7 Å². The van der Waals surface area contributed by atoms with Gasteiger partial charge in [0.05, 0.1) is 0 Å². The molecular weight excluding hydrogens is 348 g/mol. The molecule has 0 atom stereocenters. The van der Waals surface area contributed by atoms with E-state index in [-0.39, 0.29) is 0 Å². The maximum absolute atomic E-state index is 12.8. The van der Waals surface area contributed by atoms with Gasteiger partial charge in [0.25, 0.3) is 0 Å². The SMILES string of the molecule is CCCCCCCCP(CC)(CC)(CC)OS(=O)(=O)C(F)(F)F. The zero-order valence-corrected chi connectivity index (χ0v) is 16.5. The van der Waals surface area contributed by atoms with E-state index in [1.807, 2.05) is 0 Å². The molecule has 23 heavy (non-hydrogen) atoms. The molecule has 0 saturated carbocycles. The topological polar surface area (TPSA) is 43.4 Å². The summed E-state index contributed by atoms with van der Waals surface area (Å²) in [5.74, 6) is 0. The third-order valence-electron chi connectivity index (χ3n) is 5.07. The number of alkyl halides is 3. The summed E-state index contributed by atoms with van der Waals surface area (Å²) in [6, 6.07) is 0. The first-order chi connectivity index (χ1) is 10.5. The van der Waals surface area contributed by atoms with E-state index in [1.165, 1.54) is 0 Å². The van der Waals surface area contributed by atoms with Gasteiger partial charge in [-0.1, -0.05) is 0 Å². The van der Waals surface area contributed by atoms with Crippen LogP contribution in [0.3, 0.4) is 0 Å². The number of rotatable bonds is 12. The Kier molecular flexibility index (Phi) is 9.05. The van der Waals surface area contributed by atoms with E-state index < -0.39 is 22.5 Å². The Morgan fingerprint density at radius 2 is 1.26 bits per heavy atom. The van der Waals surface area contributed by atoms with Crippen molar-refractivity contribution in [3.05, 3.63) is 0 Å². The third kappa shape index (κ3) is 6.17. The van der Waals surface area contributed by atoms with Crippen LogP contribution in [0.15, 0.2) is 0 Å². The molecule has 0 aliphatic carbocycles. The van der Waals surface area contributed by atoms with Gasteiger partial charge in [-0.3, -0.25) is 0 Å². The summed E-state index contributed by atoms with van der Waals surface area (Å²) in [5.41, 5.74) is -5.35.